The van der Waals surface area contributed by atoms with Crippen LogP contribution in [0, 0.1) is 26.6 Å². The third-order valence-electron chi connectivity index (χ3n) is 3.53. The minimum Gasteiger partial charge on any atom is -0.319 e. The predicted octanol–water partition coefficient (Wildman–Crippen LogP) is 2.98. The lowest BCUT2D eigenvalue weighted by atomic mass is 10.1. The van der Waals surface area contributed by atoms with Crippen molar-refractivity contribution in [2.45, 2.75) is 20.8 Å². The number of nitrogens with one attached hydrogen (secondary N) is 1. The van der Waals surface area contributed by atoms with Crippen LogP contribution in [0.15, 0.2) is 36.7 Å². The van der Waals surface area contributed by atoms with Crippen LogP contribution in [0.4, 0.5) is 10.1 Å². The second-order valence-electron chi connectivity index (χ2n) is 5.53. The lowest BCUT2D eigenvalue weighted by Crippen LogP contribution is -2.13. The molecular weight excluding hydrogens is 309 g/mol. The molecule has 122 valence electrons. The van der Waals surface area contributed by atoms with Gasteiger partial charge in [0, 0.05) is 11.3 Å². The van der Waals surface area contributed by atoms with E-state index in [1.165, 1.54) is 18.5 Å². The first-order valence-corrected chi connectivity index (χ1v) is 7.37. The van der Waals surface area contributed by atoms with Gasteiger partial charge in [-0.15, -0.1) is 0 Å². The number of aryl methyl sites for hydroxylation is 3. The van der Waals surface area contributed by atoms with E-state index in [0.717, 1.165) is 11.4 Å². The zero-order valence-electron chi connectivity index (χ0n) is 13.5. The van der Waals surface area contributed by atoms with Crippen molar-refractivity contribution in [1.82, 2.24) is 19.7 Å². The van der Waals surface area contributed by atoms with Crippen molar-refractivity contribution in [3.63, 3.8) is 0 Å². The number of carbonyl (C=O) groups excluding carboxylic acids is 1. The van der Waals surface area contributed by atoms with E-state index in [4.69, 9.17) is 0 Å². The van der Waals surface area contributed by atoms with Gasteiger partial charge < -0.3 is 5.32 Å². The van der Waals surface area contributed by atoms with E-state index in [1.807, 2.05) is 19.9 Å². The van der Waals surface area contributed by atoms with Gasteiger partial charge in [0.15, 0.2) is 0 Å². The summed E-state index contributed by atoms with van der Waals surface area (Å²) in [6.07, 6.45) is 2.97. The zero-order chi connectivity index (χ0) is 17.3. The van der Waals surface area contributed by atoms with E-state index in [2.05, 4.69) is 20.4 Å². The number of halogens is 1. The summed E-state index contributed by atoms with van der Waals surface area (Å²) in [7, 11) is 0. The van der Waals surface area contributed by atoms with Crippen molar-refractivity contribution in [3.05, 3.63) is 65.0 Å². The molecule has 0 bridgehead atoms. The van der Waals surface area contributed by atoms with Crippen LogP contribution in [-0.4, -0.2) is 25.7 Å². The van der Waals surface area contributed by atoms with Crippen LogP contribution in [0.25, 0.3) is 5.95 Å². The normalized spacial score (nSPS) is 10.7. The molecule has 24 heavy (non-hydrogen) atoms. The Morgan fingerprint density at radius 3 is 2.42 bits per heavy atom. The van der Waals surface area contributed by atoms with Crippen LogP contribution >= 0.6 is 0 Å². The Hall–Kier alpha value is -3.09. The van der Waals surface area contributed by atoms with Gasteiger partial charge in [0.25, 0.3) is 11.9 Å². The molecule has 6 nitrogen and oxygen atoms in total. The molecule has 0 atom stereocenters. The molecule has 2 heterocycles. The van der Waals surface area contributed by atoms with Gasteiger partial charge in [0.2, 0.25) is 0 Å². The summed E-state index contributed by atoms with van der Waals surface area (Å²) in [5.74, 6) is -0.421. The Kier molecular flexibility index (Phi) is 4.07. The van der Waals surface area contributed by atoms with Crippen LogP contribution in [0.3, 0.4) is 0 Å². The van der Waals surface area contributed by atoms with E-state index in [1.54, 1.807) is 23.7 Å². The number of carbonyl (C=O) groups is 1. The fraction of sp³-hybridized carbons (Fsp3) is 0.176. The number of rotatable bonds is 3. The minimum absolute atomic E-state index is 0.237. The van der Waals surface area contributed by atoms with E-state index >= 15 is 0 Å². The van der Waals surface area contributed by atoms with E-state index in [-0.39, 0.29) is 5.56 Å². The summed E-state index contributed by atoms with van der Waals surface area (Å²) in [4.78, 5) is 20.5. The maximum absolute atomic E-state index is 13.5. The molecule has 0 spiro atoms. The Balaban J connectivity index is 1.77. The maximum Gasteiger partial charge on any atom is 0.255 e. The van der Waals surface area contributed by atoms with Crippen molar-refractivity contribution in [2.75, 3.05) is 5.32 Å². The van der Waals surface area contributed by atoms with Gasteiger partial charge in [-0.1, -0.05) is 6.07 Å². The first kappa shape index (κ1) is 15.8. The summed E-state index contributed by atoms with van der Waals surface area (Å²) >= 11 is 0. The van der Waals surface area contributed by atoms with Gasteiger partial charge in [-0.3, -0.25) is 4.79 Å². The SMILES string of the molecule is Cc1cc(C)n(-c2ncc(NC(=O)c3ccc(C)c(F)c3)cn2)n1. The monoisotopic (exact) mass is 325 g/mol. The summed E-state index contributed by atoms with van der Waals surface area (Å²) in [5.41, 5.74) is 2.94. The molecule has 2 aromatic heterocycles. The van der Waals surface area contributed by atoms with Crippen LogP contribution in [0.5, 0.6) is 0 Å². The molecular formula is C17H16FN5O. The van der Waals surface area contributed by atoms with Crippen molar-refractivity contribution >= 4 is 11.6 Å². The topological polar surface area (TPSA) is 72.7 Å². The molecule has 0 saturated heterocycles. The van der Waals surface area contributed by atoms with Crippen molar-refractivity contribution < 1.29 is 9.18 Å². The first-order chi connectivity index (χ1) is 11.4. The third-order valence-corrected chi connectivity index (χ3v) is 3.53. The molecule has 3 aromatic rings. The average Bonchev–Trinajstić information content (AvgIpc) is 2.89. The third kappa shape index (κ3) is 3.15. The average molecular weight is 325 g/mol. The molecule has 3 rings (SSSR count). The summed E-state index contributed by atoms with van der Waals surface area (Å²) in [5, 5.41) is 6.94. The molecule has 1 amide bonds. The van der Waals surface area contributed by atoms with Crippen LogP contribution in [0.2, 0.25) is 0 Å². The largest absolute Gasteiger partial charge is 0.319 e. The van der Waals surface area contributed by atoms with Crippen molar-refractivity contribution in [2.24, 2.45) is 0 Å². The van der Waals surface area contributed by atoms with Gasteiger partial charge in [0.05, 0.1) is 23.8 Å². The Morgan fingerprint density at radius 2 is 1.83 bits per heavy atom. The lowest BCUT2D eigenvalue weighted by Gasteiger charge is -2.07. The fourth-order valence-electron chi connectivity index (χ4n) is 2.26. The molecule has 0 radical (unpaired) electrons. The van der Waals surface area contributed by atoms with E-state index < -0.39 is 11.7 Å². The Labute approximate surface area is 138 Å². The standard InChI is InChI=1S/C17H16FN5O/c1-10-4-5-13(7-15(10)18)16(24)21-14-8-19-17(20-9-14)23-12(3)6-11(2)22-23/h4-9H,1-3H3,(H,21,24). The second kappa shape index (κ2) is 6.19. The van der Waals surface area contributed by atoms with E-state index in [9.17, 15) is 9.18 Å². The highest BCUT2D eigenvalue weighted by atomic mass is 19.1. The number of nitrogens with zero attached hydrogens (tertiary/aromatic N) is 4. The molecule has 1 aromatic carbocycles. The number of benzene rings is 1. The van der Waals surface area contributed by atoms with Gasteiger partial charge >= 0.3 is 0 Å². The number of hydrogen-bond donors (Lipinski definition) is 1. The summed E-state index contributed by atoms with van der Waals surface area (Å²) in [6, 6.07) is 6.26. The number of hydrogen-bond acceptors (Lipinski definition) is 4. The summed E-state index contributed by atoms with van der Waals surface area (Å²) in [6.45, 7) is 5.44. The van der Waals surface area contributed by atoms with Gasteiger partial charge in [-0.2, -0.15) is 5.10 Å². The quantitative estimate of drug-likeness (QED) is 0.803. The lowest BCUT2D eigenvalue weighted by molar-refractivity contribution is 0.102. The highest BCUT2D eigenvalue weighted by molar-refractivity contribution is 6.04. The molecule has 0 aliphatic heterocycles. The Bertz CT molecular complexity index is 902. The molecule has 1 N–H and O–H groups in total. The molecule has 0 saturated carbocycles. The highest BCUT2D eigenvalue weighted by Crippen LogP contribution is 2.13. The molecule has 0 aliphatic carbocycles. The second-order valence-corrected chi connectivity index (χ2v) is 5.53. The zero-order valence-corrected chi connectivity index (χ0v) is 13.5. The molecule has 0 aliphatic rings. The van der Waals surface area contributed by atoms with Gasteiger partial charge in [0.1, 0.15) is 5.82 Å². The van der Waals surface area contributed by atoms with E-state index in [0.29, 0.717) is 17.2 Å². The first-order valence-electron chi connectivity index (χ1n) is 7.37. The Morgan fingerprint density at radius 1 is 1.12 bits per heavy atom. The smallest absolute Gasteiger partial charge is 0.255 e. The highest BCUT2D eigenvalue weighted by Gasteiger charge is 2.10. The van der Waals surface area contributed by atoms with Crippen molar-refractivity contribution in [1.29, 1.82) is 0 Å². The van der Waals surface area contributed by atoms with Crippen molar-refractivity contribution in [3.8, 4) is 5.95 Å². The van der Waals surface area contributed by atoms with Crippen LogP contribution in [0.1, 0.15) is 27.3 Å². The van der Waals surface area contributed by atoms with Gasteiger partial charge in [-0.25, -0.2) is 19.0 Å². The van der Waals surface area contributed by atoms with Gasteiger partial charge in [-0.05, 0) is 44.5 Å². The number of aromatic nitrogens is 4. The molecule has 0 fully saturated rings. The van der Waals surface area contributed by atoms with Crippen LogP contribution < -0.4 is 5.32 Å². The fourth-order valence-corrected chi connectivity index (χ4v) is 2.26. The number of amides is 1. The predicted molar refractivity (Wildman–Crippen MR) is 87.7 cm³/mol. The minimum atomic E-state index is -0.420. The van der Waals surface area contributed by atoms with Crippen LogP contribution in [-0.2, 0) is 0 Å². The molecule has 7 heteroatoms. The maximum atomic E-state index is 13.5. The number of anilines is 1. The summed E-state index contributed by atoms with van der Waals surface area (Å²) < 4.78 is 15.2. The molecule has 0 unspecified atom stereocenters.